The number of amidine groups is 1. The number of hydrogen-bond donors (Lipinski definition) is 1. The zero-order chi connectivity index (χ0) is 20.7. The van der Waals surface area contributed by atoms with Crippen molar-refractivity contribution in [1.29, 1.82) is 0 Å². The molecule has 0 radical (unpaired) electrons. The van der Waals surface area contributed by atoms with Gasteiger partial charge in [0, 0.05) is 31.8 Å². The molecule has 29 heavy (non-hydrogen) atoms. The Labute approximate surface area is 172 Å². The molecule has 1 saturated heterocycles. The van der Waals surface area contributed by atoms with Crippen molar-refractivity contribution in [3.05, 3.63) is 66.2 Å². The normalized spacial score (nSPS) is 16.7. The van der Waals surface area contributed by atoms with Gasteiger partial charge in [-0.3, -0.25) is 4.79 Å². The molecule has 2 aromatic rings. The summed E-state index contributed by atoms with van der Waals surface area (Å²) in [6.07, 6.45) is 6.80. The predicted molar refractivity (Wildman–Crippen MR) is 116 cm³/mol. The molecule has 0 bridgehead atoms. The molecular formula is C22H25N3O3S. The summed E-state index contributed by atoms with van der Waals surface area (Å²) in [6, 6.07) is 15.6. The number of likely N-dealkylation sites (tertiary alicyclic amines) is 1. The van der Waals surface area contributed by atoms with Crippen LogP contribution < -0.4 is 5.32 Å². The van der Waals surface area contributed by atoms with Gasteiger partial charge in [0.1, 0.15) is 5.84 Å². The molecule has 1 amide bonds. The fraction of sp³-hybridized carbons (Fsp3) is 0.273. The Morgan fingerprint density at radius 1 is 1.07 bits per heavy atom. The first-order valence-corrected chi connectivity index (χ1v) is 11.1. The Bertz CT molecular complexity index is 1010. The Hall–Kier alpha value is -2.93. The summed E-state index contributed by atoms with van der Waals surface area (Å²) in [5, 5.41) is 2.70. The number of nitrogens with one attached hydrogen (secondary N) is 1. The molecule has 3 rings (SSSR count). The lowest BCUT2D eigenvalue weighted by Gasteiger charge is -2.17. The molecule has 0 aromatic heterocycles. The quantitative estimate of drug-likeness (QED) is 0.756. The third-order valence-electron chi connectivity index (χ3n) is 4.69. The highest BCUT2D eigenvalue weighted by Crippen LogP contribution is 2.20. The van der Waals surface area contributed by atoms with Gasteiger partial charge in [-0.25, -0.2) is 0 Å². The summed E-state index contributed by atoms with van der Waals surface area (Å²) in [4.78, 5) is 14.1. The summed E-state index contributed by atoms with van der Waals surface area (Å²) in [5.74, 6) is 0.251. The molecule has 6 nitrogen and oxygen atoms in total. The van der Waals surface area contributed by atoms with Crippen LogP contribution in [0.25, 0.3) is 6.08 Å². The second-order valence-corrected chi connectivity index (χ2v) is 8.58. The maximum absolute atomic E-state index is 12.8. The van der Waals surface area contributed by atoms with E-state index in [-0.39, 0.29) is 10.8 Å². The summed E-state index contributed by atoms with van der Waals surface area (Å²) in [6.45, 7) is 0.804. The third-order valence-corrected chi connectivity index (χ3v) is 5.99. The summed E-state index contributed by atoms with van der Waals surface area (Å²) >= 11 is 0. The SMILES string of the molecule is CN1CCCCC/C1=N\S(=O)(=O)c1cccc(NC(=O)/C=C/c2ccccc2)c1. The van der Waals surface area contributed by atoms with Gasteiger partial charge in [-0.1, -0.05) is 42.8 Å². The van der Waals surface area contributed by atoms with Crippen LogP contribution in [0.3, 0.4) is 0 Å². The van der Waals surface area contributed by atoms with E-state index in [1.807, 2.05) is 42.3 Å². The number of carbonyl (C=O) groups excluding carboxylic acids is 1. The van der Waals surface area contributed by atoms with Crippen molar-refractivity contribution in [3.8, 4) is 0 Å². The minimum atomic E-state index is -3.85. The molecule has 0 atom stereocenters. The molecule has 1 heterocycles. The number of nitrogens with zero attached hydrogens (tertiary/aromatic N) is 2. The first-order valence-electron chi connectivity index (χ1n) is 9.63. The number of rotatable bonds is 5. The predicted octanol–water partition coefficient (Wildman–Crippen LogP) is 3.93. The van der Waals surface area contributed by atoms with Crippen LogP contribution in [0.5, 0.6) is 0 Å². The van der Waals surface area contributed by atoms with E-state index in [1.54, 1.807) is 18.2 Å². The van der Waals surface area contributed by atoms with E-state index in [0.29, 0.717) is 17.9 Å². The highest BCUT2D eigenvalue weighted by Gasteiger charge is 2.18. The van der Waals surface area contributed by atoms with Crippen molar-refractivity contribution >= 4 is 33.5 Å². The van der Waals surface area contributed by atoms with Gasteiger partial charge in [0.2, 0.25) is 5.91 Å². The van der Waals surface area contributed by atoms with E-state index in [9.17, 15) is 13.2 Å². The Morgan fingerprint density at radius 2 is 1.86 bits per heavy atom. The average Bonchev–Trinajstić information content (AvgIpc) is 2.91. The molecule has 152 valence electrons. The Kier molecular flexibility index (Phi) is 6.82. The van der Waals surface area contributed by atoms with E-state index in [4.69, 9.17) is 0 Å². The van der Waals surface area contributed by atoms with Gasteiger partial charge in [-0.05, 0) is 42.7 Å². The van der Waals surface area contributed by atoms with Crippen molar-refractivity contribution in [1.82, 2.24) is 4.90 Å². The molecule has 0 saturated carbocycles. The third kappa shape index (κ3) is 6.02. The van der Waals surface area contributed by atoms with Crippen molar-refractivity contribution in [2.24, 2.45) is 4.40 Å². The fourth-order valence-corrected chi connectivity index (χ4v) is 4.23. The van der Waals surface area contributed by atoms with Gasteiger partial charge >= 0.3 is 0 Å². The largest absolute Gasteiger partial charge is 0.362 e. The lowest BCUT2D eigenvalue weighted by Crippen LogP contribution is -2.26. The number of carbonyl (C=O) groups is 1. The standard InChI is InChI=1S/C22H25N3O3S/c1-25-16-7-3-6-13-21(25)24-29(27,28)20-12-8-11-19(17-20)23-22(26)15-14-18-9-4-2-5-10-18/h2,4-5,8-12,14-15,17H,3,6-7,13,16H2,1H3,(H,23,26)/b15-14+,24-21+. The lowest BCUT2D eigenvalue weighted by molar-refractivity contribution is -0.111. The molecule has 1 fully saturated rings. The van der Waals surface area contributed by atoms with Gasteiger partial charge in [-0.15, -0.1) is 4.40 Å². The first kappa shape index (κ1) is 20.8. The van der Waals surface area contributed by atoms with Gasteiger partial charge in [0.15, 0.2) is 0 Å². The minimum Gasteiger partial charge on any atom is -0.362 e. The van der Waals surface area contributed by atoms with Crippen molar-refractivity contribution in [2.45, 2.75) is 30.6 Å². The molecule has 0 unspecified atom stereocenters. The van der Waals surface area contributed by atoms with Crippen LogP contribution in [0.15, 0.2) is 70.0 Å². The molecule has 0 spiro atoms. The van der Waals surface area contributed by atoms with Crippen LogP contribution in [-0.4, -0.2) is 38.7 Å². The average molecular weight is 412 g/mol. The lowest BCUT2D eigenvalue weighted by atomic mass is 10.2. The Balaban J connectivity index is 1.74. The van der Waals surface area contributed by atoms with E-state index >= 15 is 0 Å². The molecule has 2 aromatic carbocycles. The highest BCUT2D eigenvalue weighted by atomic mass is 32.2. The van der Waals surface area contributed by atoms with Gasteiger partial charge < -0.3 is 10.2 Å². The van der Waals surface area contributed by atoms with E-state index in [0.717, 1.165) is 31.4 Å². The first-order chi connectivity index (χ1) is 13.9. The topological polar surface area (TPSA) is 78.8 Å². The molecular weight excluding hydrogens is 386 g/mol. The Morgan fingerprint density at radius 3 is 2.66 bits per heavy atom. The van der Waals surface area contributed by atoms with Crippen LogP contribution >= 0.6 is 0 Å². The minimum absolute atomic E-state index is 0.0625. The molecule has 0 aliphatic carbocycles. The molecule has 7 heteroatoms. The van der Waals surface area contributed by atoms with E-state index < -0.39 is 10.0 Å². The van der Waals surface area contributed by atoms with Gasteiger partial charge in [0.25, 0.3) is 10.0 Å². The molecule has 1 N–H and O–H groups in total. The molecule has 1 aliphatic heterocycles. The zero-order valence-electron chi connectivity index (χ0n) is 16.4. The highest BCUT2D eigenvalue weighted by molar-refractivity contribution is 7.90. The molecule has 1 aliphatic rings. The second-order valence-electron chi connectivity index (χ2n) is 6.98. The number of sulfonamides is 1. The smallest absolute Gasteiger partial charge is 0.284 e. The van der Waals surface area contributed by atoms with Crippen molar-refractivity contribution < 1.29 is 13.2 Å². The van der Waals surface area contributed by atoms with E-state index in [1.165, 1.54) is 18.2 Å². The summed E-state index contributed by atoms with van der Waals surface area (Å²) < 4.78 is 29.6. The van der Waals surface area contributed by atoms with Gasteiger partial charge in [0.05, 0.1) is 4.90 Å². The number of hydrogen-bond acceptors (Lipinski definition) is 3. The summed E-state index contributed by atoms with van der Waals surface area (Å²) in [7, 11) is -1.98. The van der Waals surface area contributed by atoms with Gasteiger partial charge in [-0.2, -0.15) is 8.42 Å². The van der Waals surface area contributed by atoms with Crippen LogP contribution in [0, 0.1) is 0 Å². The summed E-state index contributed by atoms with van der Waals surface area (Å²) in [5.41, 5.74) is 1.31. The van der Waals surface area contributed by atoms with Crippen LogP contribution in [0.4, 0.5) is 5.69 Å². The fourth-order valence-electron chi connectivity index (χ4n) is 3.09. The van der Waals surface area contributed by atoms with Crippen LogP contribution in [0.1, 0.15) is 31.2 Å². The number of benzene rings is 2. The van der Waals surface area contributed by atoms with Crippen molar-refractivity contribution in [3.63, 3.8) is 0 Å². The van der Waals surface area contributed by atoms with Crippen LogP contribution in [-0.2, 0) is 14.8 Å². The van der Waals surface area contributed by atoms with Crippen LogP contribution in [0.2, 0.25) is 0 Å². The van der Waals surface area contributed by atoms with E-state index in [2.05, 4.69) is 9.71 Å². The number of anilines is 1. The maximum Gasteiger partial charge on any atom is 0.284 e. The second kappa shape index (κ2) is 9.52. The monoisotopic (exact) mass is 411 g/mol. The van der Waals surface area contributed by atoms with Crippen molar-refractivity contribution in [2.75, 3.05) is 18.9 Å². The maximum atomic E-state index is 12.8. The number of amides is 1. The zero-order valence-corrected chi connectivity index (χ0v) is 17.2.